The average molecular weight is 352 g/mol. The maximum atomic E-state index is 13.7. The smallest absolute Gasteiger partial charge is 0.208 e. The fraction of sp³-hybridized carbons (Fsp3) is 0.0556. The molecule has 0 spiro atoms. The van der Waals surface area contributed by atoms with E-state index >= 15 is 0 Å². The van der Waals surface area contributed by atoms with Crippen LogP contribution in [0.3, 0.4) is 0 Å². The van der Waals surface area contributed by atoms with Gasteiger partial charge < -0.3 is 5.32 Å². The molecular weight excluding hydrogens is 339 g/mol. The molecule has 4 rings (SSSR count). The quantitative estimate of drug-likeness (QED) is 0.567. The molecule has 0 atom stereocenters. The van der Waals surface area contributed by atoms with Crippen LogP contribution in [0.25, 0.3) is 16.9 Å². The number of ketones is 1. The summed E-state index contributed by atoms with van der Waals surface area (Å²) in [6, 6.07) is 10.2. The van der Waals surface area contributed by atoms with Crippen LogP contribution in [0.5, 0.6) is 0 Å². The second-order valence-corrected chi connectivity index (χ2v) is 6.32. The van der Waals surface area contributed by atoms with Crippen LogP contribution < -0.4 is 5.32 Å². The first-order valence-corrected chi connectivity index (χ1v) is 8.45. The van der Waals surface area contributed by atoms with E-state index in [1.165, 1.54) is 23.6 Å². The summed E-state index contributed by atoms with van der Waals surface area (Å²) in [7, 11) is 1.66. The summed E-state index contributed by atoms with van der Waals surface area (Å²) >= 11 is 1.38. The molecule has 1 aromatic carbocycles. The number of hydrogen-bond donors (Lipinski definition) is 1. The molecular formula is C18H13FN4OS. The van der Waals surface area contributed by atoms with Gasteiger partial charge in [0.2, 0.25) is 5.78 Å². The predicted molar refractivity (Wildman–Crippen MR) is 95.7 cm³/mol. The topological polar surface area (TPSA) is 59.3 Å². The minimum absolute atomic E-state index is 0.107. The van der Waals surface area contributed by atoms with Crippen molar-refractivity contribution >= 4 is 28.5 Å². The third kappa shape index (κ3) is 2.58. The monoisotopic (exact) mass is 352 g/mol. The maximum absolute atomic E-state index is 13.7. The third-order valence-corrected chi connectivity index (χ3v) is 4.79. The standard InChI is InChI=1S/C18H13FN4OS/c1-20-14-9-11(4-5-13(14)19)15-6-7-21-18-12(10-22-23(15)18)17(24)16-3-2-8-25-16/h2-10,20H,1H3. The number of halogens is 1. The molecule has 0 aliphatic carbocycles. The zero-order chi connectivity index (χ0) is 17.4. The molecule has 0 aliphatic heterocycles. The van der Waals surface area contributed by atoms with Gasteiger partial charge in [-0.15, -0.1) is 11.3 Å². The van der Waals surface area contributed by atoms with Gasteiger partial charge in [0, 0.05) is 18.8 Å². The summed E-state index contributed by atoms with van der Waals surface area (Å²) in [6.07, 6.45) is 3.15. The van der Waals surface area contributed by atoms with Crippen molar-refractivity contribution in [2.75, 3.05) is 12.4 Å². The van der Waals surface area contributed by atoms with E-state index in [0.717, 1.165) is 11.3 Å². The number of nitrogens with one attached hydrogen (secondary N) is 1. The summed E-state index contributed by atoms with van der Waals surface area (Å²) in [5.41, 5.74) is 2.82. The number of thiophene rings is 1. The molecule has 25 heavy (non-hydrogen) atoms. The lowest BCUT2D eigenvalue weighted by Crippen LogP contribution is -2.01. The number of carbonyl (C=O) groups is 1. The molecule has 0 saturated heterocycles. The minimum atomic E-state index is -0.328. The van der Waals surface area contributed by atoms with Crippen LogP contribution in [-0.2, 0) is 0 Å². The van der Waals surface area contributed by atoms with Gasteiger partial charge in [-0.3, -0.25) is 4.79 Å². The third-order valence-electron chi connectivity index (χ3n) is 3.92. The molecule has 0 saturated carbocycles. The van der Waals surface area contributed by atoms with Crippen molar-refractivity contribution in [1.29, 1.82) is 0 Å². The van der Waals surface area contributed by atoms with Gasteiger partial charge in [0.05, 0.1) is 28.0 Å². The Morgan fingerprint density at radius 3 is 2.92 bits per heavy atom. The van der Waals surface area contributed by atoms with Crippen molar-refractivity contribution in [2.24, 2.45) is 0 Å². The molecule has 0 radical (unpaired) electrons. The molecule has 3 heterocycles. The van der Waals surface area contributed by atoms with Gasteiger partial charge >= 0.3 is 0 Å². The van der Waals surface area contributed by atoms with Crippen molar-refractivity contribution in [2.45, 2.75) is 0 Å². The second kappa shape index (κ2) is 6.10. The van der Waals surface area contributed by atoms with E-state index in [9.17, 15) is 9.18 Å². The van der Waals surface area contributed by atoms with Crippen molar-refractivity contribution in [3.8, 4) is 11.3 Å². The van der Waals surface area contributed by atoms with E-state index in [1.807, 2.05) is 11.4 Å². The first kappa shape index (κ1) is 15.5. The fourth-order valence-corrected chi connectivity index (χ4v) is 3.36. The Bertz CT molecular complexity index is 1070. The Hall–Kier alpha value is -3.06. The molecule has 0 amide bonds. The van der Waals surface area contributed by atoms with E-state index in [1.54, 1.807) is 42.0 Å². The number of benzene rings is 1. The van der Waals surface area contributed by atoms with Crippen LogP contribution in [0.15, 0.2) is 54.2 Å². The van der Waals surface area contributed by atoms with E-state index in [4.69, 9.17) is 0 Å². The Kier molecular flexibility index (Phi) is 3.77. The number of anilines is 1. The Labute approximate surface area is 146 Å². The van der Waals surface area contributed by atoms with E-state index < -0.39 is 0 Å². The van der Waals surface area contributed by atoms with Crippen molar-refractivity contribution < 1.29 is 9.18 Å². The van der Waals surface area contributed by atoms with Gasteiger partial charge in [-0.05, 0) is 35.7 Å². The second-order valence-electron chi connectivity index (χ2n) is 5.37. The fourth-order valence-electron chi connectivity index (χ4n) is 2.69. The zero-order valence-electron chi connectivity index (χ0n) is 13.2. The van der Waals surface area contributed by atoms with Crippen LogP contribution in [0.4, 0.5) is 10.1 Å². The predicted octanol–water partition coefficient (Wildman–Crippen LogP) is 3.87. The van der Waals surface area contributed by atoms with Crippen LogP contribution in [0, 0.1) is 5.82 Å². The lowest BCUT2D eigenvalue weighted by atomic mass is 10.1. The highest BCUT2D eigenvalue weighted by Gasteiger charge is 2.18. The van der Waals surface area contributed by atoms with Gasteiger partial charge in [0.1, 0.15) is 5.82 Å². The normalized spacial score (nSPS) is 11.0. The highest BCUT2D eigenvalue weighted by molar-refractivity contribution is 7.12. The largest absolute Gasteiger partial charge is 0.386 e. The summed E-state index contributed by atoms with van der Waals surface area (Å²) in [5.74, 6) is -0.435. The summed E-state index contributed by atoms with van der Waals surface area (Å²) < 4.78 is 15.3. The van der Waals surface area contributed by atoms with Gasteiger partial charge in [0.25, 0.3) is 0 Å². The molecule has 1 N–H and O–H groups in total. The van der Waals surface area contributed by atoms with E-state index in [-0.39, 0.29) is 11.6 Å². The maximum Gasteiger partial charge on any atom is 0.208 e. The van der Waals surface area contributed by atoms with Crippen molar-refractivity contribution in [3.05, 3.63) is 70.4 Å². The minimum Gasteiger partial charge on any atom is -0.386 e. The molecule has 4 aromatic rings. The van der Waals surface area contributed by atoms with E-state index in [0.29, 0.717) is 21.8 Å². The lowest BCUT2D eigenvalue weighted by Gasteiger charge is -2.08. The Balaban J connectivity index is 1.86. The zero-order valence-corrected chi connectivity index (χ0v) is 14.0. The number of aromatic nitrogens is 3. The van der Waals surface area contributed by atoms with Crippen LogP contribution >= 0.6 is 11.3 Å². The number of carbonyl (C=O) groups excluding carboxylic acids is 1. The van der Waals surface area contributed by atoms with Gasteiger partial charge in [-0.1, -0.05) is 6.07 Å². The first-order chi connectivity index (χ1) is 12.2. The van der Waals surface area contributed by atoms with Crippen molar-refractivity contribution in [1.82, 2.24) is 14.6 Å². The molecule has 7 heteroatoms. The van der Waals surface area contributed by atoms with Gasteiger partial charge in [-0.25, -0.2) is 13.9 Å². The van der Waals surface area contributed by atoms with E-state index in [2.05, 4.69) is 15.4 Å². The van der Waals surface area contributed by atoms with Gasteiger partial charge in [0.15, 0.2) is 5.65 Å². The molecule has 0 fully saturated rings. The van der Waals surface area contributed by atoms with Gasteiger partial charge in [-0.2, -0.15) is 5.10 Å². The Morgan fingerprint density at radius 1 is 1.28 bits per heavy atom. The number of fused-ring (bicyclic) bond motifs is 1. The molecule has 3 aromatic heterocycles. The highest BCUT2D eigenvalue weighted by Crippen LogP contribution is 2.26. The average Bonchev–Trinajstić information content (AvgIpc) is 3.31. The molecule has 5 nitrogen and oxygen atoms in total. The number of rotatable bonds is 4. The summed E-state index contributed by atoms with van der Waals surface area (Å²) in [4.78, 5) is 17.6. The SMILES string of the molecule is CNc1cc(-c2ccnc3c(C(=O)c4cccs4)cnn23)ccc1F. The number of nitrogens with zero attached hydrogens (tertiary/aromatic N) is 3. The molecule has 0 unspecified atom stereocenters. The summed E-state index contributed by atoms with van der Waals surface area (Å²) in [5, 5.41) is 9.01. The van der Waals surface area contributed by atoms with Crippen LogP contribution in [0.1, 0.15) is 15.2 Å². The molecule has 0 aliphatic rings. The first-order valence-electron chi connectivity index (χ1n) is 7.57. The Morgan fingerprint density at radius 2 is 2.16 bits per heavy atom. The van der Waals surface area contributed by atoms with Crippen LogP contribution in [0.2, 0.25) is 0 Å². The summed E-state index contributed by atoms with van der Waals surface area (Å²) in [6.45, 7) is 0. The molecule has 0 bridgehead atoms. The number of hydrogen-bond acceptors (Lipinski definition) is 5. The molecule has 124 valence electrons. The van der Waals surface area contributed by atoms with Crippen LogP contribution in [-0.4, -0.2) is 27.4 Å². The lowest BCUT2D eigenvalue weighted by molar-refractivity contribution is 0.104. The van der Waals surface area contributed by atoms with Crippen molar-refractivity contribution in [3.63, 3.8) is 0 Å². The highest BCUT2D eigenvalue weighted by atomic mass is 32.1.